The molecule has 0 saturated heterocycles. The summed E-state index contributed by atoms with van der Waals surface area (Å²) >= 11 is 0. The van der Waals surface area contributed by atoms with Gasteiger partial charge in [-0.25, -0.2) is 0 Å². The molecule has 9 aromatic rings. The van der Waals surface area contributed by atoms with Crippen LogP contribution >= 0.6 is 0 Å². The Kier molecular flexibility index (Phi) is 6.35. The minimum absolute atomic E-state index is 0.0954. The molecule has 0 fully saturated rings. The molecule has 0 amide bonds. The maximum Gasteiger partial charge on any atom is 0.252 e. The maximum atomic E-state index is 6.42. The molecule has 1 aromatic heterocycles. The zero-order chi connectivity index (χ0) is 34.2. The fraction of sp³-hybridized carbons (Fsp3) is 0. The summed E-state index contributed by atoms with van der Waals surface area (Å²) < 4.78 is 6.42. The molecule has 0 bridgehead atoms. The van der Waals surface area contributed by atoms with Crippen LogP contribution < -0.4 is 26.2 Å². The van der Waals surface area contributed by atoms with Crippen molar-refractivity contribution >= 4 is 79.2 Å². The van der Waals surface area contributed by atoms with Crippen LogP contribution in [0.15, 0.2) is 192 Å². The summed E-state index contributed by atoms with van der Waals surface area (Å²) in [6, 6.07) is 68.0. The zero-order valence-corrected chi connectivity index (χ0v) is 28.3. The molecule has 0 radical (unpaired) electrons. The first-order valence-electron chi connectivity index (χ1n) is 17.9. The molecule has 3 heterocycles. The van der Waals surface area contributed by atoms with Gasteiger partial charge in [-0.3, -0.25) is 0 Å². The normalized spacial score (nSPS) is 12.9. The molecule has 3 nitrogen and oxygen atoms in total. The van der Waals surface area contributed by atoms with Gasteiger partial charge in [0.1, 0.15) is 11.2 Å². The van der Waals surface area contributed by atoms with E-state index in [9.17, 15) is 0 Å². The van der Waals surface area contributed by atoms with E-state index in [2.05, 4.69) is 186 Å². The molecule has 4 heteroatoms. The highest BCUT2D eigenvalue weighted by Crippen LogP contribution is 2.46. The summed E-state index contributed by atoms with van der Waals surface area (Å²) in [5, 5.41) is 2.29. The Hall–Kier alpha value is -6.78. The Morgan fingerprint density at radius 3 is 1.54 bits per heavy atom. The molecular weight excluding hydrogens is 631 g/mol. The fourth-order valence-corrected chi connectivity index (χ4v) is 8.59. The monoisotopic (exact) mass is 662 g/mol. The van der Waals surface area contributed by atoms with E-state index >= 15 is 0 Å². The molecule has 0 N–H and O–H groups in total. The minimum Gasteiger partial charge on any atom is -0.455 e. The number of hydrogen-bond donors (Lipinski definition) is 0. The highest BCUT2D eigenvalue weighted by atomic mass is 16.3. The molecule has 11 rings (SSSR count). The Morgan fingerprint density at radius 1 is 0.385 bits per heavy atom. The van der Waals surface area contributed by atoms with Crippen molar-refractivity contribution < 1.29 is 4.42 Å². The second-order valence-electron chi connectivity index (χ2n) is 13.7. The molecular formula is C48H31BN2O. The molecule has 2 aliphatic heterocycles. The van der Waals surface area contributed by atoms with Crippen LogP contribution in [-0.2, 0) is 0 Å². The highest BCUT2D eigenvalue weighted by Gasteiger charge is 2.43. The van der Waals surface area contributed by atoms with Gasteiger partial charge in [-0.15, -0.1) is 0 Å². The van der Waals surface area contributed by atoms with Gasteiger partial charge in [0.05, 0.1) is 0 Å². The van der Waals surface area contributed by atoms with Crippen molar-refractivity contribution in [3.05, 3.63) is 188 Å². The van der Waals surface area contributed by atoms with Gasteiger partial charge in [0, 0.05) is 50.5 Å². The summed E-state index contributed by atoms with van der Waals surface area (Å²) in [4.78, 5) is 4.92. The second kappa shape index (κ2) is 11.4. The number of hydrogen-bond acceptors (Lipinski definition) is 3. The highest BCUT2D eigenvalue weighted by molar-refractivity contribution is 7.00. The van der Waals surface area contributed by atoms with Crippen LogP contribution in [0.5, 0.6) is 0 Å². The third kappa shape index (κ3) is 4.28. The van der Waals surface area contributed by atoms with Crippen LogP contribution in [-0.4, -0.2) is 6.71 Å². The van der Waals surface area contributed by atoms with Crippen LogP contribution in [0.1, 0.15) is 0 Å². The average molecular weight is 663 g/mol. The Labute approximate surface area is 302 Å². The molecule has 0 spiro atoms. The Morgan fingerprint density at radius 2 is 0.904 bits per heavy atom. The van der Waals surface area contributed by atoms with E-state index in [0.29, 0.717) is 0 Å². The predicted molar refractivity (Wildman–Crippen MR) is 219 cm³/mol. The minimum atomic E-state index is 0.0954. The average Bonchev–Trinajstić information content (AvgIpc) is 3.60. The van der Waals surface area contributed by atoms with E-state index in [1.165, 1.54) is 44.7 Å². The van der Waals surface area contributed by atoms with Crippen molar-refractivity contribution in [1.29, 1.82) is 0 Å². The van der Waals surface area contributed by atoms with Crippen LogP contribution in [0.3, 0.4) is 0 Å². The third-order valence-corrected chi connectivity index (χ3v) is 10.8. The van der Waals surface area contributed by atoms with Gasteiger partial charge < -0.3 is 14.2 Å². The second-order valence-corrected chi connectivity index (χ2v) is 13.7. The fourth-order valence-electron chi connectivity index (χ4n) is 8.59. The molecule has 0 saturated carbocycles. The van der Waals surface area contributed by atoms with Crippen molar-refractivity contribution in [3.63, 3.8) is 0 Å². The standard InChI is InChI=1S/C48H31BN2O/c1-3-14-35(15-4-1)50-42-23-10-8-21-40(42)49-41-22-9-11-24-43(41)51(36-16-5-2-6-17-36)45-31-34(30-44(50)47(45)49)32-26-28-33(29-27-32)37-19-13-20-39-38-18-7-12-25-46(38)52-48(37)39/h1-31H. The van der Waals surface area contributed by atoms with Crippen molar-refractivity contribution in [2.75, 3.05) is 9.80 Å². The van der Waals surface area contributed by atoms with E-state index in [-0.39, 0.29) is 6.71 Å². The van der Waals surface area contributed by atoms with E-state index < -0.39 is 0 Å². The number of furan rings is 1. The molecule has 8 aromatic carbocycles. The van der Waals surface area contributed by atoms with E-state index in [0.717, 1.165) is 50.0 Å². The molecule has 0 aliphatic carbocycles. The first kappa shape index (κ1) is 29.0. The summed E-state index contributed by atoms with van der Waals surface area (Å²) in [7, 11) is 0. The van der Waals surface area contributed by atoms with Crippen LogP contribution in [0.4, 0.5) is 34.1 Å². The largest absolute Gasteiger partial charge is 0.455 e. The molecule has 242 valence electrons. The van der Waals surface area contributed by atoms with Gasteiger partial charge in [-0.05, 0) is 87.7 Å². The summed E-state index contributed by atoms with van der Waals surface area (Å²) in [6.07, 6.45) is 0. The summed E-state index contributed by atoms with van der Waals surface area (Å²) in [5.74, 6) is 0. The van der Waals surface area contributed by atoms with Crippen molar-refractivity contribution in [1.82, 2.24) is 0 Å². The number of benzene rings is 8. The topological polar surface area (TPSA) is 19.6 Å². The van der Waals surface area contributed by atoms with Gasteiger partial charge in [0.15, 0.2) is 0 Å². The van der Waals surface area contributed by atoms with Crippen molar-refractivity contribution in [2.45, 2.75) is 0 Å². The first-order chi connectivity index (χ1) is 25.8. The number of fused-ring (bicyclic) bond motifs is 7. The SMILES string of the molecule is c1ccc(N2c3ccccc3B3c4ccccc4N(c4ccccc4)c4cc(-c5ccc(-c6cccc7c6oc6ccccc67)cc5)cc2c43)cc1. The summed E-state index contributed by atoms with van der Waals surface area (Å²) in [6.45, 7) is 0.0954. The number of para-hydroxylation sites is 6. The molecule has 52 heavy (non-hydrogen) atoms. The molecule has 2 aliphatic rings. The lowest BCUT2D eigenvalue weighted by Gasteiger charge is -2.44. The third-order valence-electron chi connectivity index (χ3n) is 10.8. The van der Waals surface area contributed by atoms with Crippen LogP contribution in [0.2, 0.25) is 0 Å². The molecule has 0 atom stereocenters. The van der Waals surface area contributed by atoms with E-state index in [4.69, 9.17) is 4.42 Å². The van der Waals surface area contributed by atoms with Gasteiger partial charge in [0.25, 0.3) is 6.71 Å². The Bertz CT molecular complexity index is 2700. The van der Waals surface area contributed by atoms with Gasteiger partial charge in [0.2, 0.25) is 0 Å². The van der Waals surface area contributed by atoms with E-state index in [1.807, 2.05) is 12.1 Å². The van der Waals surface area contributed by atoms with Gasteiger partial charge in [-0.1, -0.05) is 133 Å². The first-order valence-corrected chi connectivity index (χ1v) is 17.9. The van der Waals surface area contributed by atoms with Crippen molar-refractivity contribution in [3.8, 4) is 22.3 Å². The van der Waals surface area contributed by atoms with Crippen molar-refractivity contribution in [2.24, 2.45) is 0 Å². The number of rotatable bonds is 4. The van der Waals surface area contributed by atoms with Crippen LogP contribution in [0, 0.1) is 0 Å². The maximum absolute atomic E-state index is 6.42. The summed E-state index contributed by atoms with van der Waals surface area (Å²) in [5.41, 5.74) is 17.5. The quantitative estimate of drug-likeness (QED) is 0.175. The van der Waals surface area contributed by atoms with Gasteiger partial charge >= 0.3 is 0 Å². The smallest absolute Gasteiger partial charge is 0.252 e. The lowest BCUT2D eigenvalue weighted by Crippen LogP contribution is -2.61. The zero-order valence-electron chi connectivity index (χ0n) is 28.3. The number of nitrogens with zero attached hydrogens (tertiary/aromatic N) is 2. The van der Waals surface area contributed by atoms with E-state index in [1.54, 1.807) is 0 Å². The lowest BCUT2D eigenvalue weighted by atomic mass is 9.33. The lowest BCUT2D eigenvalue weighted by molar-refractivity contribution is 0.670. The molecule has 0 unspecified atom stereocenters. The van der Waals surface area contributed by atoms with Gasteiger partial charge in [-0.2, -0.15) is 0 Å². The van der Waals surface area contributed by atoms with Crippen LogP contribution in [0.25, 0.3) is 44.2 Å². The Balaban J connectivity index is 1.14. The predicted octanol–water partition coefficient (Wildman–Crippen LogP) is 11.0. The number of anilines is 6.